The van der Waals surface area contributed by atoms with Crippen molar-refractivity contribution in [2.45, 2.75) is 19.0 Å². The minimum atomic E-state index is -1.30. The second kappa shape index (κ2) is 6.35. The van der Waals surface area contributed by atoms with Crippen LogP contribution in [0.3, 0.4) is 0 Å². The van der Waals surface area contributed by atoms with Gasteiger partial charge in [-0.05, 0) is 49.6 Å². The smallest absolute Gasteiger partial charge is 0.308 e. The fraction of sp³-hybridized carbons (Fsp3) is 0.364. The van der Waals surface area contributed by atoms with Crippen molar-refractivity contribution < 1.29 is 19.0 Å². The molecule has 0 aliphatic carbocycles. The molecule has 1 aromatic rings. The van der Waals surface area contributed by atoms with Crippen LogP contribution in [0, 0.1) is 0 Å². The molecule has 1 aromatic carbocycles. The van der Waals surface area contributed by atoms with Crippen molar-refractivity contribution in [2.75, 3.05) is 7.11 Å². The molecule has 0 aliphatic heterocycles. The number of esters is 1. The molecule has 1 unspecified atom stereocenters. The summed E-state index contributed by atoms with van der Waals surface area (Å²) in [6.07, 6.45) is -1.48. The third-order valence-electron chi connectivity index (χ3n) is 2.15. The average Bonchev–Trinajstić information content (AvgIpc) is 2.25. The highest BCUT2D eigenvalue weighted by Gasteiger charge is 2.15. The van der Waals surface area contributed by atoms with E-state index in [4.69, 9.17) is 0 Å². The molecule has 0 spiro atoms. The van der Waals surface area contributed by atoms with E-state index in [2.05, 4.69) is 36.6 Å². The average molecular weight is 370 g/mol. The Morgan fingerprint density at radius 1 is 1.47 bits per heavy atom. The zero-order valence-electron chi connectivity index (χ0n) is 9.04. The van der Waals surface area contributed by atoms with E-state index >= 15 is 0 Å². The standard InChI is InChI=1S/C11H11Br2FO3/c1-17-10(15)5-7(14)2-6-3-8(12)11(16)9(13)4-6/h3-4,7,16H,2,5H2,1H3. The maximum absolute atomic E-state index is 13.5. The predicted octanol–water partition coefficient (Wildman–Crippen LogP) is 3.36. The normalized spacial score (nSPS) is 12.2. The molecule has 17 heavy (non-hydrogen) atoms. The number of ether oxygens (including phenoxy) is 1. The summed E-state index contributed by atoms with van der Waals surface area (Å²) in [6, 6.07) is 3.23. The topological polar surface area (TPSA) is 46.5 Å². The number of phenolic OH excluding ortho intramolecular Hbond substituents is 1. The summed E-state index contributed by atoms with van der Waals surface area (Å²) < 4.78 is 18.8. The summed E-state index contributed by atoms with van der Waals surface area (Å²) in [5, 5.41) is 9.49. The van der Waals surface area contributed by atoms with Gasteiger partial charge in [-0.25, -0.2) is 4.39 Å². The van der Waals surface area contributed by atoms with Crippen LogP contribution < -0.4 is 0 Å². The van der Waals surface area contributed by atoms with Gasteiger partial charge in [-0.15, -0.1) is 0 Å². The van der Waals surface area contributed by atoms with E-state index in [1.807, 2.05) is 0 Å². The fourth-order valence-corrected chi connectivity index (χ4v) is 2.61. The number of aromatic hydroxyl groups is 1. The molecule has 0 amide bonds. The van der Waals surface area contributed by atoms with Crippen molar-refractivity contribution in [3.63, 3.8) is 0 Å². The molecule has 0 saturated heterocycles. The van der Waals surface area contributed by atoms with Crippen molar-refractivity contribution in [1.82, 2.24) is 0 Å². The second-order valence-electron chi connectivity index (χ2n) is 3.49. The van der Waals surface area contributed by atoms with E-state index in [0.29, 0.717) is 14.5 Å². The highest BCUT2D eigenvalue weighted by Crippen LogP contribution is 2.33. The summed E-state index contributed by atoms with van der Waals surface area (Å²) in [5.74, 6) is -0.508. The predicted molar refractivity (Wildman–Crippen MR) is 68.7 cm³/mol. The maximum Gasteiger partial charge on any atom is 0.308 e. The van der Waals surface area contributed by atoms with Crippen LogP contribution in [-0.4, -0.2) is 24.4 Å². The molecule has 1 rings (SSSR count). The lowest BCUT2D eigenvalue weighted by molar-refractivity contribution is -0.141. The van der Waals surface area contributed by atoms with E-state index in [0.717, 1.165) is 0 Å². The van der Waals surface area contributed by atoms with Crippen LogP contribution >= 0.6 is 31.9 Å². The summed E-state index contributed by atoms with van der Waals surface area (Å²) >= 11 is 6.31. The SMILES string of the molecule is COC(=O)CC(F)Cc1cc(Br)c(O)c(Br)c1. The molecule has 1 atom stereocenters. The Morgan fingerprint density at radius 2 is 2.00 bits per heavy atom. The Morgan fingerprint density at radius 3 is 2.47 bits per heavy atom. The van der Waals surface area contributed by atoms with Gasteiger partial charge in [0.1, 0.15) is 11.9 Å². The molecule has 0 aliphatic rings. The van der Waals surface area contributed by atoms with Crippen LogP contribution in [0.1, 0.15) is 12.0 Å². The van der Waals surface area contributed by atoms with E-state index in [1.54, 1.807) is 12.1 Å². The molecule has 6 heteroatoms. The number of hydrogen-bond acceptors (Lipinski definition) is 3. The Labute approximate surface area is 115 Å². The molecule has 3 nitrogen and oxygen atoms in total. The lowest BCUT2D eigenvalue weighted by atomic mass is 10.1. The zero-order valence-corrected chi connectivity index (χ0v) is 12.2. The minimum absolute atomic E-state index is 0.0668. The molecule has 94 valence electrons. The molecule has 0 saturated carbocycles. The summed E-state index contributed by atoms with van der Waals surface area (Å²) in [7, 11) is 1.22. The van der Waals surface area contributed by atoms with Crippen LogP contribution in [0.4, 0.5) is 4.39 Å². The number of alkyl halides is 1. The number of carbonyl (C=O) groups excluding carboxylic acids is 1. The van der Waals surface area contributed by atoms with Gasteiger partial charge in [0.25, 0.3) is 0 Å². The Balaban J connectivity index is 2.72. The molecule has 0 aromatic heterocycles. The first-order chi connectivity index (χ1) is 7.93. The lowest BCUT2D eigenvalue weighted by Crippen LogP contribution is -2.13. The third kappa shape index (κ3) is 4.27. The highest BCUT2D eigenvalue weighted by atomic mass is 79.9. The van der Waals surface area contributed by atoms with E-state index < -0.39 is 12.1 Å². The first-order valence-electron chi connectivity index (χ1n) is 4.81. The Hall–Kier alpha value is -0.620. The lowest BCUT2D eigenvalue weighted by Gasteiger charge is -2.09. The van der Waals surface area contributed by atoms with Crippen LogP contribution in [0.25, 0.3) is 0 Å². The minimum Gasteiger partial charge on any atom is -0.506 e. The molecular weight excluding hydrogens is 359 g/mol. The Kier molecular flexibility index (Phi) is 5.39. The summed E-state index contributed by atoms with van der Waals surface area (Å²) in [4.78, 5) is 10.9. The summed E-state index contributed by atoms with van der Waals surface area (Å²) in [6.45, 7) is 0. The number of rotatable bonds is 4. The van der Waals surface area contributed by atoms with Crippen molar-refractivity contribution in [1.29, 1.82) is 0 Å². The molecule has 0 bridgehead atoms. The first-order valence-corrected chi connectivity index (χ1v) is 6.40. The van der Waals surface area contributed by atoms with Gasteiger partial charge in [-0.1, -0.05) is 0 Å². The van der Waals surface area contributed by atoms with Crippen LogP contribution in [0.2, 0.25) is 0 Å². The first kappa shape index (κ1) is 14.4. The number of benzene rings is 1. The largest absolute Gasteiger partial charge is 0.506 e. The molecule has 0 heterocycles. The fourth-order valence-electron chi connectivity index (χ4n) is 1.33. The number of hydrogen-bond donors (Lipinski definition) is 1. The molecular formula is C11H11Br2FO3. The van der Waals surface area contributed by atoms with Crippen LogP contribution in [0.15, 0.2) is 21.1 Å². The number of halogens is 3. The van der Waals surface area contributed by atoms with E-state index in [1.165, 1.54) is 7.11 Å². The van der Waals surface area contributed by atoms with Gasteiger partial charge in [0.15, 0.2) is 0 Å². The van der Waals surface area contributed by atoms with Gasteiger partial charge in [0.2, 0.25) is 0 Å². The second-order valence-corrected chi connectivity index (χ2v) is 5.20. The molecule has 0 radical (unpaired) electrons. The zero-order chi connectivity index (χ0) is 13.0. The monoisotopic (exact) mass is 368 g/mol. The highest BCUT2D eigenvalue weighted by molar-refractivity contribution is 9.11. The van der Waals surface area contributed by atoms with Crippen molar-refractivity contribution in [2.24, 2.45) is 0 Å². The van der Waals surface area contributed by atoms with Gasteiger partial charge in [-0.3, -0.25) is 4.79 Å². The van der Waals surface area contributed by atoms with E-state index in [-0.39, 0.29) is 18.6 Å². The van der Waals surface area contributed by atoms with Gasteiger partial charge < -0.3 is 9.84 Å². The van der Waals surface area contributed by atoms with Crippen LogP contribution in [-0.2, 0) is 16.0 Å². The van der Waals surface area contributed by atoms with Crippen LogP contribution in [0.5, 0.6) is 5.75 Å². The summed E-state index contributed by atoms with van der Waals surface area (Å²) in [5.41, 5.74) is 0.679. The maximum atomic E-state index is 13.5. The number of phenols is 1. The van der Waals surface area contributed by atoms with Crippen molar-refractivity contribution in [3.05, 3.63) is 26.6 Å². The van der Waals surface area contributed by atoms with Gasteiger partial charge in [0, 0.05) is 6.42 Å². The van der Waals surface area contributed by atoms with Gasteiger partial charge in [0.05, 0.1) is 22.5 Å². The molecule has 0 fully saturated rings. The van der Waals surface area contributed by atoms with Crippen molar-refractivity contribution >= 4 is 37.8 Å². The number of carbonyl (C=O) groups is 1. The van der Waals surface area contributed by atoms with Gasteiger partial charge >= 0.3 is 5.97 Å². The van der Waals surface area contributed by atoms with Gasteiger partial charge in [-0.2, -0.15) is 0 Å². The number of methoxy groups -OCH3 is 1. The van der Waals surface area contributed by atoms with E-state index in [9.17, 15) is 14.3 Å². The Bertz CT molecular complexity index is 400. The van der Waals surface area contributed by atoms with Crippen molar-refractivity contribution in [3.8, 4) is 5.75 Å². The third-order valence-corrected chi connectivity index (χ3v) is 3.36. The molecule has 1 N–H and O–H groups in total. The quantitative estimate of drug-likeness (QED) is 0.828.